The number of urea groups is 1. The standard InChI is InChI=1S/C18H18F2N4O3/c19-11-4-5-15(13(20)10-11)27-12-6-8-24(9-7-12)18(26)23-16-3-1-2-14(22-16)17(21)25/h1-5,10,12H,6-9H2,(H2,21,25)(H,22,23,26). The third-order valence-corrected chi connectivity index (χ3v) is 4.15. The number of nitrogens with two attached hydrogens (primary N) is 1. The zero-order chi connectivity index (χ0) is 19.4. The van der Waals surface area contributed by atoms with Gasteiger partial charge < -0.3 is 15.4 Å². The summed E-state index contributed by atoms with van der Waals surface area (Å²) in [6.07, 6.45) is 0.725. The SMILES string of the molecule is NC(=O)c1cccc(NC(=O)N2CCC(Oc3ccc(F)cc3F)CC2)n1. The number of benzene rings is 1. The number of anilines is 1. The Hall–Kier alpha value is -3.23. The largest absolute Gasteiger partial charge is 0.487 e. The Balaban J connectivity index is 1.53. The summed E-state index contributed by atoms with van der Waals surface area (Å²) in [4.78, 5) is 29.0. The molecule has 0 spiro atoms. The van der Waals surface area contributed by atoms with Crippen molar-refractivity contribution in [2.75, 3.05) is 18.4 Å². The van der Waals surface area contributed by atoms with Gasteiger partial charge in [0.15, 0.2) is 11.6 Å². The van der Waals surface area contributed by atoms with Gasteiger partial charge in [-0.2, -0.15) is 0 Å². The van der Waals surface area contributed by atoms with E-state index in [9.17, 15) is 18.4 Å². The van der Waals surface area contributed by atoms with Crippen molar-refractivity contribution in [1.29, 1.82) is 0 Å². The number of carbonyl (C=O) groups excluding carboxylic acids is 2. The van der Waals surface area contributed by atoms with Crippen LogP contribution in [0.5, 0.6) is 5.75 Å². The van der Waals surface area contributed by atoms with Crippen LogP contribution in [0.25, 0.3) is 0 Å². The smallest absolute Gasteiger partial charge is 0.323 e. The van der Waals surface area contributed by atoms with Gasteiger partial charge in [0.1, 0.15) is 23.4 Å². The van der Waals surface area contributed by atoms with Crippen LogP contribution >= 0.6 is 0 Å². The minimum atomic E-state index is -0.754. The fraction of sp³-hybridized carbons (Fsp3) is 0.278. The van der Waals surface area contributed by atoms with E-state index in [1.54, 1.807) is 17.0 Å². The normalized spacial score (nSPS) is 14.7. The number of rotatable bonds is 4. The molecule has 7 nitrogen and oxygen atoms in total. The summed E-state index contributed by atoms with van der Waals surface area (Å²) in [5.74, 6) is -1.89. The molecule has 27 heavy (non-hydrogen) atoms. The van der Waals surface area contributed by atoms with Crippen molar-refractivity contribution < 1.29 is 23.1 Å². The molecule has 0 radical (unpaired) electrons. The van der Waals surface area contributed by atoms with Crippen molar-refractivity contribution in [3.8, 4) is 5.75 Å². The number of hydrogen-bond donors (Lipinski definition) is 2. The van der Waals surface area contributed by atoms with Crippen molar-refractivity contribution in [2.45, 2.75) is 18.9 Å². The molecule has 2 aromatic rings. The van der Waals surface area contributed by atoms with Crippen LogP contribution < -0.4 is 15.8 Å². The molecule has 3 amide bonds. The molecule has 1 aromatic heterocycles. The number of nitrogens with zero attached hydrogens (tertiary/aromatic N) is 2. The van der Waals surface area contributed by atoms with Crippen LogP contribution in [0.4, 0.5) is 19.4 Å². The van der Waals surface area contributed by atoms with E-state index in [0.717, 1.165) is 12.1 Å². The predicted molar refractivity (Wildman–Crippen MR) is 93.4 cm³/mol. The third kappa shape index (κ3) is 4.69. The molecule has 0 aliphatic carbocycles. The topological polar surface area (TPSA) is 97.5 Å². The molecule has 142 valence electrons. The summed E-state index contributed by atoms with van der Waals surface area (Å²) < 4.78 is 32.2. The first-order chi connectivity index (χ1) is 12.9. The maximum absolute atomic E-state index is 13.7. The van der Waals surface area contributed by atoms with Crippen LogP contribution in [-0.2, 0) is 0 Å². The first-order valence-corrected chi connectivity index (χ1v) is 8.37. The molecular weight excluding hydrogens is 358 g/mol. The van der Waals surface area contributed by atoms with Crippen LogP contribution in [0.2, 0.25) is 0 Å². The van der Waals surface area contributed by atoms with Gasteiger partial charge in [0.2, 0.25) is 0 Å². The Morgan fingerprint density at radius 2 is 1.93 bits per heavy atom. The molecule has 3 rings (SSSR count). The summed E-state index contributed by atoms with van der Waals surface area (Å²) in [5, 5.41) is 2.61. The molecule has 3 N–H and O–H groups in total. The molecule has 1 aliphatic rings. The van der Waals surface area contributed by atoms with Crippen molar-refractivity contribution >= 4 is 17.8 Å². The second kappa shape index (κ2) is 7.98. The van der Waals surface area contributed by atoms with Crippen molar-refractivity contribution in [3.63, 3.8) is 0 Å². The van der Waals surface area contributed by atoms with Gasteiger partial charge in [0, 0.05) is 32.0 Å². The third-order valence-electron chi connectivity index (χ3n) is 4.15. The van der Waals surface area contributed by atoms with Crippen LogP contribution in [-0.4, -0.2) is 41.0 Å². The van der Waals surface area contributed by atoms with E-state index in [-0.39, 0.29) is 29.4 Å². The Bertz CT molecular complexity index is 854. The fourth-order valence-electron chi connectivity index (χ4n) is 2.76. The number of likely N-dealkylation sites (tertiary alicyclic amines) is 1. The number of ether oxygens (including phenoxy) is 1. The zero-order valence-corrected chi connectivity index (χ0v) is 14.3. The van der Waals surface area contributed by atoms with Gasteiger partial charge in [-0.25, -0.2) is 18.6 Å². The fourth-order valence-corrected chi connectivity index (χ4v) is 2.76. The first-order valence-electron chi connectivity index (χ1n) is 8.37. The Kier molecular flexibility index (Phi) is 5.49. The highest BCUT2D eigenvalue weighted by atomic mass is 19.1. The lowest BCUT2D eigenvalue weighted by atomic mass is 10.1. The second-order valence-corrected chi connectivity index (χ2v) is 6.08. The van der Waals surface area contributed by atoms with Gasteiger partial charge in [-0.15, -0.1) is 0 Å². The highest BCUT2D eigenvalue weighted by molar-refractivity contribution is 5.92. The molecule has 0 saturated carbocycles. The number of halogens is 2. The van der Waals surface area contributed by atoms with E-state index in [2.05, 4.69) is 10.3 Å². The number of primary amides is 1. The molecule has 2 heterocycles. The lowest BCUT2D eigenvalue weighted by Gasteiger charge is -2.32. The minimum absolute atomic E-state index is 0.00762. The molecule has 0 bridgehead atoms. The molecule has 1 fully saturated rings. The van der Waals surface area contributed by atoms with E-state index in [0.29, 0.717) is 25.9 Å². The number of amides is 3. The highest BCUT2D eigenvalue weighted by Crippen LogP contribution is 2.23. The van der Waals surface area contributed by atoms with Gasteiger partial charge in [-0.1, -0.05) is 6.07 Å². The summed E-state index contributed by atoms with van der Waals surface area (Å²) in [5.41, 5.74) is 5.22. The average molecular weight is 376 g/mol. The Morgan fingerprint density at radius 1 is 1.19 bits per heavy atom. The van der Waals surface area contributed by atoms with Crippen LogP contribution in [0.3, 0.4) is 0 Å². The molecule has 1 aliphatic heterocycles. The molecule has 1 aromatic carbocycles. The van der Waals surface area contributed by atoms with Crippen molar-refractivity contribution in [2.24, 2.45) is 5.73 Å². The van der Waals surface area contributed by atoms with Crippen molar-refractivity contribution in [3.05, 3.63) is 53.7 Å². The number of carbonyl (C=O) groups is 2. The predicted octanol–water partition coefficient (Wildman–Crippen LogP) is 2.53. The number of piperidine rings is 1. The summed E-state index contributed by atoms with van der Waals surface area (Å²) in [6.45, 7) is 0.795. The quantitative estimate of drug-likeness (QED) is 0.857. The first kappa shape index (κ1) is 18.6. The molecule has 1 saturated heterocycles. The van der Waals surface area contributed by atoms with Gasteiger partial charge in [-0.3, -0.25) is 10.1 Å². The van der Waals surface area contributed by atoms with Crippen LogP contribution in [0, 0.1) is 11.6 Å². The van der Waals surface area contributed by atoms with Gasteiger partial charge >= 0.3 is 6.03 Å². The molecule has 9 heteroatoms. The molecule has 0 atom stereocenters. The number of pyridine rings is 1. The Labute approximate surface area is 154 Å². The highest BCUT2D eigenvalue weighted by Gasteiger charge is 2.25. The van der Waals surface area contributed by atoms with E-state index in [1.807, 2.05) is 0 Å². The summed E-state index contributed by atoms with van der Waals surface area (Å²) in [6, 6.07) is 7.36. The number of nitrogens with one attached hydrogen (secondary N) is 1. The lowest BCUT2D eigenvalue weighted by molar-refractivity contribution is 0.0995. The van der Waals surface area contributed by atoms with Crippen molar-refractivity contribution in [1.82, 2.24) is 9.88 Å². The number of hydrogen-bond acceptors (Lipinski definition) is 4. The average Bonchev–Trinajstić information content (AvgIpc) is 2.65. The van der Waals surface area contributed by atoms with E-state index >= 15 is 0 Å². The minimum Gasteiger partial charge on any atom is -0.487 e. The summed E-state index contributed by atoms with van der Waals surface area (Å²) >= 11 is 0. The van der Waals surface area contributed by atoms with E-state index < -0.39 is 17.5 Å². The zero-order valence-electron chi connectivity index (χ0n) is 14.3. The maximum atomic E-state index is 13.7. The monoisotopic (exact) mass is 376 g/mol. The van der Waals surface area contributed by atoms with Crippen LogP contribution in [0.15, 0.2) is 36.4 Å². The lowest BCUT2D eigenvalue weighted by Crippen LogP contribution is -2.44. The number of aromatic nitrogens is 1. The van der Waals surface area contributed by atoms with Gasteiger partial charge in [0.25, 0.3) is 5.91 Å². The second-order valence-electron chi connectivity index (χ2n) is 6.08. The molecule has 0 unspecified atom stereocenters. The van der Waals surface area contributed by atoms with Crippen LogP contribution in [0.1, 0.15) is 23.3 Å². The van der Waals surface area contributed by atoms with Gasteiger partial charge in [0.05, 0.1) is 0 Å². The van der Waals surface area contributed by atoms with E-state index in [4.69, 9.17) is 10.5 Å². The van der Waals surface area contributed by atoms with Gasteiger partial charge in [-0.05, 0) is 24.3 Å². The Morgan fingerprint density at radius 3 is 2.59 bits per heavy atom. The maximum Gasteiger partial charge on any atom is 0.323 e. The summed E-state index contributed by atoms with van der Waals surface area (Å²) in [7, 11) is 0. The van der Waals surface area contributed by atoms with E-state index in [1.165, 1.54) is 12.1 Å². The molecular formula is C18H18F2N4O3.